The van der Waals surface area contributed by atoms with Gasteiger partial charge in [-0.1, -0.05) is 0 Å². The van der Waals surface area contributed by atoms with Crippen molar-refractivity contribution in [2.75, 3.05) is 11.5 Å². The number of carbonyl (C=O) groups excluding carboxylic acids is 1. The van der Waals surface area contributed by atoms with Gasteiger partial charge in [0.2, 0.25) is 6.41 Å². The molecule has 1 unspecified atom stereocenters. The van der Waals surface area contributed by atoms with Crippen molar-refractivity contribution in [2.45, 2.75) is 31.9 Å². The SMILES string of the molecule is CC(C)(O)CCSCC(NC=O)C(=O)O. The number of carbonyl (C=O) groups is 2. The number of nitrogens with one attached hydrogen (secondary N) is 1. The molecule has 0 spiro atoms. The van der Waals surface area contributed by atoms with Crippen LogP contribution in [-0.2, 0) is 9.59 Å². The Kier molecular flexibility index (Phi) is 6.35. The second-order valence-electron chi connectivity index (χ2n) is 3.81. The van der Waals surface area contributed by atoms with Crippen LogP contribution in [0.25, 0.3) is 0 Å². The molecule has 0 heterocycles. The van der Waals surface area contributed by atoms with Crippen molar-refractivity contribution in [1.82, 2.24) is 5.32 Å². The number of amides is 1. The molecular formula is C9H17NO4S. The molecule has 3 N–H and O–H groups in total. The maximum Gasteiger partial charge on any atom is 0.327 e. The van der Waals surface area contributed by atoms with Crippen molar-refractivity contribution < 1.29 is 19.8 Å². The van der Waals surface area contributed by atoms with E-state index in [1.807, 2.05) is 0 Å². The van der Waals surface area contributed by atoms with Gasteiger partial charge in [0.25, 0.3) is 0 Å². The molecule has 88 valence electrons. The Morgan fingerprint density at radius 2 is 2.20 bits per heavy atom. The number of hydrogen-bond acceptors (Lipinski definition) is 4. The van der Waals surface area contributed by atoms with Crippen LogP contribution in [0, 0.1) is 0 Å². The second kappa shape index (κ2) is 6.68. The van der Waals surface area contributed by atoms with E-state index in [-0.39, 0.29) is 0 Å². The highest BCUT2D eigenvalue weighted by Gasteiger charge is 2.17. The average Bonchev–Trinajstić information content (AvgIpc) is 2.08. The zero-order chi connectivity index (χ0) is 11.9. The Labute approximate surface area is 93.2 Å². The van der Waals surface area contributed by atoms with Crippen LogP contribution in [0.2, 0.25) is 0 Å². The van der Waals surface area contributed by atoms with Crippen molar-refractivity contribution in [3.05, 3.63) is 0 Å². The van der Waals surface area contributed by atoms with E-state index in [4.69, 9.17) is 5.11 Å². The molecule has 0 fully saturated rings. The predicted molar refractivity (Wildman–Crippen MR) is 58.9 cm³/mol. The van der Waals surface area contributed by atoms with Gasteiger partial charge in [-0.3, -0.25) is 4.79 Å². The zero-order valence-electron chi connectivity index (χ0n) is 8.90. The van der Waals surface area contributed by atoms with E-state index in [0.29, 0.717) is 24.3 Å². The first kappa shape index (κ1) is 14.2. The molecule has 0 bridgehead atoms. The van der Waals surface area contributed by atoms with E-state index in [9.17, 15) is 14.7 Å². The van der Waals surface area contributed by atoms with Gasteiger partial charge in [-0.2, -0.15) is 11.8 Å². The number of aliphatic hydroxyl groups is 1. The van der Waals surface area contributed by atoms with Crippen LogP contribution >= 0.6 is 11.8 Å². The monoisotopic (exact) mass is 235 g/mol. The fourth-order valence-electron chi connectivity index (χ4n) is 0.796. The number of rotatable bonds is 8. The Bertz CT molecular complexity index is 215. The summed E-state index contributed by atoms with van der Waals surface area (Å²) in [6, 6.07) is -0.852. The van der Waals surface area contributed by atoms with Crippen LogP contribution in [0.1, 0.15) is 20.3 Å². The highest BCUT2D eigenvalue weighted by Crippen LogP contribution is 2.13. The van der Waals surface area contributed by atoms with Crippen LogP contribution in [0.3, 0.4) is 0 Å². The number of carboxylic acid groups (broad SMARTS) is 1. The van der Waals surface area contributed by atoms with Crippen molar-refractivity contribution in [3.8, 4) is 0 Å². The predicted octanol–water partition coefficient (Wildman–Crippen LogP) is 0.0798. The minimum Gasteiger partial charge on any atom is -0.480 e. The third-order valence-electron chi connectivity index (χ3n) is 1.71. The molecule has 15 heavy (non-hydrogen) atoms. The lowest BCUT2D eigenvalue weighted by Gasteiger charge is -2.17. The number of aliphatic carboxylic acids is 1. The maximum absolute atomic E-state index is 10.6. The maximum atomic E-state index is 10.6. The van der Waals surface area contributed by atoms with Gasteiger partial charge in [0.1, 0.15) is 6.04 Å². The molecule has 1 atom stereocenters. The number of hydrogen-bond donors (Lipinski definition) is 3. The Hall–Kier alpha value is -0.750. The molecule has 0 aliphatic heterocycles. The van der Waals surface area contributed by atoms with Crippen molar-refractivity contribution in [3.63, 3.8) is 0 Å². The van der Waals surface area contributed by atoms with E-state index in [1.54, 1.807) is 13.8 Å². The third-order valence-corrected chi connectivity index (χ3v) is 2.77. The highest BCUT2D eigenvalue weighted by atomic mass is 32.2. The highest BCUT2D eigenvalue weighted by molar-refractivity contribution is 7.99. The van der Waals surface area contributed by atoms with Gasteiger partial charge < -0.3 is 15.5 Å². The standard InChI is InChI=1S/C9H17NO4S/c1-9(2,14)3-4-15-5-7(8(12)13)10-6-11/h6-7,14H,3-5H2,1-2H3,(H,10,11)(H,12,13). The van der Waals surface area contributed by atoms with E-state index >= 15 is 0 Å². The molecule has 5 nitrogen and oxygen atoms in total. The molecule has 6 heteroatoms. The zero-order valence-corrected chi connectivity index (χ0v) is 9.71. The van der Waals surface area contributed by atoms with Crippen LogP contribution in [-0.4, -0.2) is 45.7 Å². The Morgan fingerprint density at radius 1 is 1.60 bits per heavy atom. The van der Waals surface area contributed by atoms with Gasteiger partial charge in [-0.05, 0) is 26.0 Å². The summed E-state index contributed by atoms with van der Waals surface area (Å²) in [5, 5.41) is 20.3. The third kappa shape index (κ3) is 8.26. The van der Waals surface area contributed by atoms with E-state index in [1.165, 1.54) is 11.8 Å². The molecule has 0 aromatic heterocycles. The minimum atomic E-state index is -1.04. The number of carboxylic acids is 1. The summed E-state index contributed by atoms with van der Waals surface area (Å²) in [7, 11) is 0. The summed E-state index contributed by atoms with van der Waals surface area (Å²) >= 11 is 1.39. The fraction of sp³-hybridized carbons (Fsp3) is 0.778. The summed E-state index contributed by atoms with van der Waals surface area (Å²) in [6.07, 6.45) is 0.973. The summed E-state index contributed by atoms with van der Waals surface area (Å²) < 4.78 is 0. The molecule has 0 aliphatic rings. The first-order chi connectivity index (χ1) is 6.87. The van der Waals surface area contributed by atoms with Gasteiger partial charge >= 0.3 is 5.97 Å². The van der Waals surface area contributed by atoms with E-state index in [0.717, 1.165) is 0 Å². The van der Waals surface area contributed by atoms with Gasteiger partial charge in [-0.15, -0.1) is 0 Å². The van der Waals surface area contributed by atoms with Gasteiger partial charge in [0.15, 0.2) is 0 Å². The lowest BCUT2D eigenvalue weighted by Crippen LogP contribution is -2.38. The van der Waals surface area contributed by atoms with Crippen molar-refractivity contribution in [2.24, 2.45) is 0 Å². The Balaban J connectivity index is 3.72. The topological polar surface area (TPSA) is 86.6 Å². The minimum absolute atomic E-state index is 0.310. The molecular weight excluding hydrogens is 218 g/mol. The van der Waals surface area contributed by atoms with Gasteiger partial charge in [-0.25, -0.2) is 4.79 Å². The van der Waals surface area contributed by atoms with Crippen LogP contribution < -0.4 is 5.32 Å². The molecule has 0 saturated carbocycles. The van der Waals surface area contributed by atoms with E-state index < -0.39 is 17.6 Å². The number of thioether (sulfide) groups is 1. The van der Waals surface area contributed by atoms with Gasteiger partial charge in [0, 0.05) is 5.75 Å². The lowest BCUT2D eigenvalue weighted by atomic mass is 10.1. The molecule has 0 aromatic rings. The average molecular weight is 235 g/mol. The molecule has 0 saturated heterocycles. The second-order valence-corrected chi connectivity index (χ2v) is 4.96. The molecule has 0 rings (SSSR count). The van der Waals surface area contributed by atoms with Crippen molar-refractivity contribution in [1.29, 1.82) is 0 Å². The Morgan fingerprint density at radius 3 is 2.60 bits per heavy atom. The smallest absolute Gasteiger partial charge is 0.327 e. The molecule has 1 amide bonds. The van der Waals surface area contributed by atoms with Crippen LogP contribution in [0.4, 0.5) is 0 Å². The molecule has 0 radical (unpaired) electrons. The largest absolute Gasteiger partial charge is 0.480 e. The first-order valence-electron chi connectivity index (χ1n) is 4.59. The molecule has 0 aromatic carbocycles. The quantitative estimate of drug-likeness (QED) is 0.410. The van der Waals surface area contributed by atoms with Crippen molar-refractivity contribution >= 4 is 24.1 Å². The molecule has 0 aliphatic carbocycles. The summed E-state index contributed by atoms with van der Waals surface area (Å²) in [4.78, 5) is 20.7. The van der Waals surface area contributed by atoms with Gasteiger partial charge in [0.05, 0.1) is 5.60 Å². The summed E-state index contributed by atoms with van der Waals surface area (Å²) in [5.41, 5.74) is -0.732. The lowest BCUT2D eigenvalue weighted by molar-refractivity contribution is -0.139. The van der Waals surface area contributed by atoms with Crippen LogP contribution in [0.5, 0.6) is 0 Å². The van der Waals surface area contributed by atoms with E-state index in [2.05, 4.69) is 5.32 Å². The normalized spacial score (nSPS) is 13.3. The fourth-order valence-corrected chi connectivity index (χ4v) is 2.08. The summed E-state index contributed by atoms with van der Waals surface area (Å²) in [5.74, 6) is -0.0734. The van der Waals surface area contributed by atoms with Crippen LogP contribution in [0.15, 0.2) is 0 Å². The first-order valence-corrected chi connectivity index (χ1v) is 5.75. The summed E-state index contributed by atoms with van der Waals surface area (Å²) in [6.45, 7) is 3.40.